The van der Waals surface area contributed by atoms with Gasteiger partial charge in [-0.05, 0) is 30.9 Å². The lowest BCUT2D eigenvalue weighted by Gasteiger charge is -2.14. The van der Waals surface area contributed by atoms with E-state index in [-0.39, 0.29) is 0 Å². The largest absolute Gasteiger partial charge is 0.378 e. The molecule has 1 N–H and O–H groups in total. The molecular weight excluding hydrogens is 188 g/mol. The maximum Gasteiger partial charge on any atom is 0.0588 e. The second kappa shape index (κ2) is 5.24. The van der Waals surface area contributed by atoms with Crippen molar-refractivity contribution in [2.24, 2.45) is 5.92 Å². The molecule has 1 aromatic heterocycles. The van der Waals surface area contributed by atoms with E-state index in [0.717, 1.165) is 19.7 Å². The first-order valence-electron chi connectivity index (χ1n) is 5.57. The zero-order valence-electron chi connectivity index (χ0n) is 9.15. The number of hydrogen-bond acceptors (Lipinski definition) is 3. The topological polar surface area (TPSA) is 34.1 Å². The van der Waals surface area contributed by atoms with Crippen LogP contribution in [0.15, 0.2) is 24.5 Å². The van der Waals surface area contributed by atoms with Gasteiger partial charge in [-0.15, -0.1) is 0 Å². The average molecular weight is 206 g/mol. The minimum atomic E-state index is 0.409. The number of hydrogen-bond donors (Lipinski definition) is 1. The Bertz CT molecular complexity index is 289. The summed E-state index contributed by atoms with van der Waals surface area (Å²) in [6.07, 6.45) is 5.30. The molecule has 3 nitrogen and oxygen atoms in total. The third kappa shape index (κ3) is 3.01. The minimum absolute atomic E-state index is 0.409. The third-order valence-corrected chi connectivity index (χ3v) is 2.99. The Morgan fingerprint density at radius 1 is 1.60 bits per heavy atom. The molecule has 0 aromatic carbocycles. The molecule has 15 heavy (non-hydrogen) atoms. The van der Waals surface area contributed by atoms with E-state index >= 15 is 0 Å². The number of rotatable bonds is 4. The van der Waals surface area contributed by atoms with E-state index < -0.39 is 0 Å². The molecule has 0 amide bonds. The van der Waals surface area contributed by atoms with Gasteiger partial charge in [0.25, 0.3) is 0 Å². The van der Waals surface area contributed by atoms with Crippen LogP contribution in [-0.2, 0) is 11.3 Å². The van der Waals surface area contributed by atoms with Crippen LogP contribution in [0.3, 0.4) is 0 Å². The van der Waals surface area contributed by atoms with Gasteiger partial charge < -0.3 is 10.1 Å². The number of pyridine rings is 1. The van der Waals surface area contributed by atoms with Gasteiger partial charge in [-0.3, -0.25) is 4.98 Å². The first kappa shape index (κ1) is 10.6. The van der Waals surface area contributed by atoms with Crippen LogP contribution in [0.1, 0.15) is 18.9 Å². The van der Waals surface area contributed by atoms with E-state index in [4.69, 9.17) is 4.74 Å². The summed E-state index contributed by atoms with van der Waals surface area (Å²) in [7, 11) is 0. The lowest BCUT2D eigenvalue weighted by Crippen LogP contribution is -2.26. The molecule has 0 saturated carbocycles. The van der Waals surface area contributed by atoms with Crippen molar-refractivity contribution in [3.8, 4) is 0 Å². The van der Waals surface area contributed by atoms with Gasteiger partial charge in [-0.1, -0.05) is 6.07 Å². The predicted molar refractivity (Wildman–Crippen MR) is 59.5 cm³/mol. The van der Waals surface area contributed by atoms with Crippen molar-refractivity contribution in [3.05, 3.63) is 30.1 Å². The maximum absolute atomic E-state index is 5.52. The summed E-state index contributed by atoms with van der Waals surface area (Å²) in [5.74, 6) is 0.668. The monoisotopic (exact) mass is 206 g/mol. The van der Waals surface area contributed by atoms with Crippen LogP contribution in [0.5, 0.6) is 0 Å². The van der Waals surface area contributed by atoms with Crippen LogP contribution in [-0.4, -0.2) is 24.2 Å². The molecule has 1 aliphatic heterocycles. The molecule has 2 atom stereocenters. The summed E-state index contributed by atoms with van der Waals surface area (Å²) in [6, 6.07) is 4.06. The lowest BCUT2D eigenvalue weighted by molar-refractivity contribution is 0.105. The minimum Gasteiger partial charge on any atom is -0.378 e. The van der Waals surface area contributed by atoms with E-state index in [1.165, 1.54) is 12.0 Å². The molecule has 2 unspecified atom stereocenters. The second-order valence-corrected chi connectivity index (χ2v) is 4.12. The molecule has 0 spiro atoms. The highest BCUT2D eigenvalue weighted by atomic mass is 16.5. The van der Waals surface area contributed by atoms with Crippen LogP contribution in [0.4, 0.5) is 0 Å². The fourth-order valence-electron chi connectivity index (χ4n) is 1.95. The Kier molecular flexibility index (Phi) is 3.69. The van der Waals surface area contributed by atoms with Crippen molar-refractivity contribution >= 4 is 0 Å². The van der Waals surface area contributed by atoms with Gasteiger partial charge in [0.1, 0.15) is 0 Å². The fraction of sp³-hybridized carbons (Fsp3) is 0.583. The van der Waals surface area contributed by atoms with Crippen molar-refractivity contribution in [3.63, 3.8) is 0 Å². The first-order chi connectivity index (χ1) is 7.36. The second-order valence-electron chi connectivity index (χ2n) is 4.12. The van der Waals surface area contributed by atoms with E-state index in [9.17, 15) is 0 Å². The Labute approximate surface area is 90.9 Å². The summed E-state index contributed by atoms with van der Waals surface area (Å²) < 4.78 is 5.52. The summed E-state index contributed by atoms with van der Waals surface area (Å²) in [6.45, 7) is 5.01. The Balaban J connectivity index is 1.71. The molecule has 1 aliphatic rings. The molecule has 0 aliphatic carbocycles. The summed E-state index contributed by atoms with van der Waals surface area (Å²) in [5.41, 5.74) is 1.24. The SMILES string of the molecule is CC1OCCC1CNCc1cccnc1. The fourth-order valence-corrected chi connectivity index (χ4v) is 1.95. The molecule has 2 heterocycles. The summed E-state index contributed by atoms with van der Waals surface area (Å²) in [4.78, 5) is 4.09. The maximum atomic E-state index is 5.52. The molecule has 1 aromatic rings. The van der Waals surface area contributed by atoms with E-state index in [2.05, 4.69) is 23.3 Å². The summed E-state index contributed by atoms with van der Waals surface area (Å²) >= 11 is 0. The van der Waals surface area contributed by atoms with Crippen LogP contribution in [0.2, 0.25) is 0 Å². The van der Waals surface area contributed by atoms with Crippen molar-refractivity contribution < 1.29 is 4.74 Å². The number of nitrogens with one attached hydrogen (secondary N) is 1. The Morgan fingerprint density at radius 2 is 2.53 bits per heavy atom. The van der Waals surface area contributed by atoms with E-state index in [1.807, 2.05) is 12.3 Å². The Morgan fingerprint density at radius 3 is 3.20 bits per heavy atom. The summed E-state index contributed by atoms with van der Waals surface area (Å²) in [5, 5.41) is 3.45. The molecule has 2 rings (SSSR count). The highest BCUT2D eigenvalue weighted by Gasteiger charge is 2.23. The normalized spacial score (nSPS) is 25.7. The van der Waals surface area contributed by atoms with Gasteiger partial charge in [-0.25, -0.2) is 0 Å². The van der Waals surface area contributed by atoms with Crippen molar-refractivity contribution in [2.75, 3.05) is 13.2 Å². The van der Waals surface area contributed by atoms with Crippen molar-refractivity contribution in [2.45, 2.75) is 26.0 Å². The lowest BCUT2D eigenvalue weighted by atomic mass is 10.0. The van der Waals surface area contributed by atoms with Gasteiger partial charge in [0.2, 0.25) is 0 Å². The highest BCUT2D eigenvalue weighted by Crippen LogP contribution is 2.19. The smallest absolute Gasteiger partial charge is 0.0588 e. The number of ether oxygens (including phenoxy) is 1. The molecule has 0 bridgehead atoms. The van der Waals surface area contributed by atoms with Crippen LogP contribution in [0, 0.1) is 5.92 Å². The molecule has 3 heteroatoms. The molecule has 1 saturated heterocycles. The average Bonchev–Trinajstić information content (AvgIpc) is 2.66. The van der Waals surface area contributed by atoms with E-state index in [0.29, 0.717) is 12.0 Å². The first-order valence-corrected chi connectivity index (χ1v) is 5.57. The van der Waals surface area contributed by atoms with E-state index in [1.54, 1.807) is 6.20 Å². The third-order valence-electron chi connectivity index (χ3n) is 2.99. The predicted octanol–water partition coefficient (Wildman–Crippen LogP) is 1.60. The molecule has 1 fully saturated rings. The van der Waals surface area contributed by atoms with Crippen molar-refractivity contribution in [1.29, 1.82) is 0 Å². The Hall–Kier alpha value is -0.930. The molecule has 82 valence electrons. The standard InChI is InChI=1S/C12H18N2O/c1-10-12(4-6-15-10)9-14-8-11-3-2-5-13-7-11/h2-3,5,7,10,12,14H,4,6,8-9H2,1H3. The zero-order chi connectivity index (χ0) is 10.5. The zero-order valence-corrected chi connectivity index (χ0v) is 9.15. The van der Waals surface area contributed by atoms with Crippen LogP contribution >= 0.6 is 0 Å². The van der Waals surface area contributed by atoms with Gasteiger partial charge in [0.05, 0.1) is 6.10 Å². The van der Waals surface area contributed by atoms with Crippen LogP contribution < -0.4 is 5.32 Å². The van der Waals surface area contributed by atoms with Gasteiger partial charge in [-0.2, -0.15) is 0 Å². The van der Waals surface area contributed by atoms with Crippen molar-refractivity contribution in [1.82, 2.24) is 10.3 Å². The highest BCUT2D eigenvalue weighted by molar-refractivity contribution is 5.07. The van der Waals surface area contributed by atoms with Gasteiger partial charge in [0, 0.05) is 32.1 Å². The van der Waals surface area contributed by atoms with Crippen LogP contribution in [0.25, 0.3) is 0 Å². The molecule has 0 radical (unpaired) electrons. The molecular formula is C12H18N2O. The van der Waals surface area contributed by atoms with Gasteiger partial charge >= 0.3 is 0 Å². The number of aromatic nitrogens is 1. The quantitative estimate of drug-likeness (QED) is 0.812. The number of nitrogens with zero attached hydrogens (tertiary/aromatic N) is 1. The van der Waals surface area contributed by atoms with Gasteiger partial charge in [0.15, 0.2) is 0 Å².